The first kappa shape index (κ1) is 16.2. The van der Waals surface area contributed by atoms with Crippen molar-refractivity contribution in [1.29, 1.82) is 0 Å². The smallest absolute Gasteiger partial charge is 0.250 e. The molecule has 1 aromatic carbocycles. The van der Waals surface area contributed by atoms with Gasteiger partial charge in [-0.1, -0.05) is 49.6 Å². The average molecular weight is 341 g/mol. The quantitative estimate of drug-likeness (QED) is 0.853. The average Bonchev–Trinajstić information content (AvgIpc) is 3.24. The Kier molecular flexibility index (Phi) is 4.48. The standard InChI is InChI=1S/C18H23N5O2/c24-17(18(9-5-2-6-10-18)23-14-19-20-21-23)22-11-12-25-16(13-22)15-7-3-1-4-8-15/h1,3-4,7-8,14,16H,2,5-6,9-13H2/t16-/m0/s1. The molecule has 132 valence electrons. The summed E-state index contributed by atoms with van der Waals surface area (Å²) in [5.74, 6) is 0.128. The van der Waals surface area contributed by atoms with Gasteiger partial charge in [-0.3, -0.25) is 4.79 Å². The maximum Gasteiger partial charge on any atom is 0.250 e. The number of aromatic nitrogens is 4. The van der Waals surface area contributed by atoms with Crippen LogP contribution < -0.4 is 0 Å². The minimum atomic E-state index is -0.639. The Balaban J connectivity index is 1.58. The van der Waals surface area contributed by atoms with Gasteiger partial charge in [-0.05, 0) is 28.8 Å². The van der Waals surface area contributed by atoms with Crippen LogP contribution in [0.4, 0.5) is 0 Å². The molecular formula is C18H23N5O2. The van der Waals surface area contributed by atoms with Crippen molar-refractivity contribution in [1.82, 2.24) is 25.1 Å². The third-order valence-corrected chi connectivity index (χ3v) is 5.39. The fraction of sp³-hybridized carbons (Fsp3) is 0.556. The molecule has 1 atom stereocenters. The molecule has 7 nitrogen and oxygen atoms in total. The van der Waals surface area contributed by atoms with Crippen molar-refractivity contribution in [2.24, 2.45) is 0 Å². The number of morpholine rings is 1. The lowest BCUT2D eigenvalue weighted by Gasteiger charge is -2.42. The molecule has 1 aliphatic heterocycles. The number of carbonyl (C=O) groups is 1. The maximum atomic E-state index is 13.5. The molecule has 25 heavy (non-hydrogen) atoms. The zero-order valence-electron chi connectivity index (χ0n) is 14.3. The SMILES string of the molecule is O=C(N1CCO[C@H](c2ccccc2)C1)C1(n2cnnn2)CCCCC1. The molecule has 0 N–H and O–H groups in total. The van der Waals surface area contributed by atoms with E-state index < -0.39 is 5.54 Å². The van der Waals surface area contributed by atoms with Crippen molar-refractivity contribution >= 4 is 5.91 Å². The molecule has 0 unspecified atom stereocenters. The summed E-state index contributed by atoms with van der Waals surface area (Å²) in [4.78, 5) is 15.4. The number of hydrogen-bond acceptors (Lipinski definition) is 5. The van der Waals surface area contributed by atoms with E-state index in [0.717, 1.165) is 37.7 Å². The van der Waals surface area contributed by atoms with E-state index in [0.29, 0.717) is 19.7 Å². The predicted octanol–water partition coefficient (Wildman–Crippen LogP) is 1.93. The predicted molar refractivity (Wildman–Crippen MR) is 90.6 cm³/mol. The lowest BCUT2D eigenvalue weighted by Crippen LogP contribution is -2.55. The van der Waals surface area contributed by atoms with Crippen LogP contribution in [0.25, 0.3) is 0 Å². The Hall–Kier alpha value is -2.28. The second-order valence-electron chi connectivity index (χ2n) is 6.87. The number of rotatable bonds is 3. The van der Waals surface area contributed by atoms with E-state index in [4.69, 9.17) is 4.74 Å². The summed E-state index contributed by atoms with van der Waals surface area (Å²) in [6.07, 6.45) is 6.31. The Morgan fingerprint density at radius 2 is 1.96 bits per heavy atom. The van der Waals surface area contributed by atoms with Crippen molar-refractivity contribution < 1.29 is 9.53 Å². The topological polar surface area (TPSA) is 73.1 Å². The fourth-order valence-corrected chi connectivity index (χ4v) is 4.03. The molecule has 0 bridgehead atoms. The number of ether oxygens (including phenoxy) is 1. The number of benzene rings is 1. The molecule has 2 fully saturated rings. The zero-order valence-corrected chi connectivity index (χ0v) is 14.3. The van der Waals surface area contributed by atoms with Gasteiger partial charge in [0.1, 0.15) is 18.0 Å². The summed E-state index contributed by atoms with van der Waals surface area (Å²) < 4.78 is 7.60. The number of nitrogens with zero attached hydrogens (tertiary/aromatic N) is 5. The molecule has 2 aromatic rings. The van der Waals surface area contributed by atoms with Gasteiger partial charge in [0.05, 0.1) is 13.2 Å². The molecule has 0 radical (unpaired) electrons. The largest absolute Gasteiger partial charge is 0.370 e. The summed E-state index contributed by atoms with van der Waals surface area (Å²) in [7, 11) is 0. The van der Waals surface area contributed by atoms with Gasteiger partial charge >= 0.3 is 0 Å². The van der Waals surface area contributed by atoms with Crippen LogP contribution in [0.15, 0.2) is 36.7 Å². The van der Waals surface area contributed by atoms with E-state index >= 15 is 0 Å². The van der Waals surface area contributed by atoms with Crippen molar-refractivity contribution in [3.8, 4) is 0 Å². The lowest BCUT2D eigenvalue weighted by atomic mass is 9.80. The number of tetrazole rings is 1. The summed E-state index contributed by atoms with van der Waals surface area (Å²) in [5.41, 5.74) is 0.473. The van der Waals surface area contributed by atoms with Crippen LogP contribution in [0.3, 0.4) is 0 Å². The summed E-state index contributed by atoms with van der Waals surface area (Å²) in [6.45, 7) is 1.75. The van der Waals surface area contributed by atoms with Crippen molar-refractivity contribution in [2.75, 3.05) is 19.7 Å². The highest BCUT2D eigenvalue weighted by Gasteiger charge is 2.46. The number of carbonyl (C=O) groups excluding carboxylic acids is 1. The first-order chi connectivity index (χ1) is 12.3. The van der Waals surface area contributed by atoms with Gasteiger partial charge < -0.3 is 9.64 Å². The Morgan fingerprint density at radius 3 is 2.68 bits per heavy atom. The van der Waals surface area contributed by atoms with E-state index in [1.165, 1.54) is 0 Å². The van der Waals surface area contributed by atoms with Gasteiger partial charge in [0, 0.05) is 6.54 Å². The van der Waals surface area contributed by atoms with Crippen LogP contribution in [0.2, 0.25) is 0 Å². The monoisotopic (exact) mass is 341 g/mol. The van der Waals surface area contributed by atoms with Crippen molar-refractivity contribution in [2.45, 2.75) is 43.7 Å². The van der Waals surface area contributed by atoms with Gasteiger partial charge in [0.15, 0.2) is 0 Å². The first-order valence-corrected chi connectivity index (χ1v) is 8.99. The van der Waals surface area contributed by atoms with E-state index in [1.807, 2.05) is 23.1 Å². The van der Waals surface area contributed by atoms with Gasteiger partial charge in [0.2, 0.25) is 0 Å². The summed E-state index contributed by atoms with van der Waals surface area (Å²) >= 11 is 0. The van der Waals surface area contributed by atoms with Crippen LogP contribution in [-0.4, -0.2) is 50.7 Å². The van der Waals surface area contributed by atoms with Crippen molar-refractivity contribution in [3.63, 3.8) is 0 Å². The van der Waals surface area contributed by atoms with Crippen LogP contribution in [0, 0.1) is 0 Å². The van der Waals surface area contributed by atoms with E-state index in [2.05, 4.69) is 27.7 Å². The third kappa shape index (κ3) is 3.04. The van der Waals surface area contributed by atoms with Gasteiger partial charge in [-0.2, -0.15) is 0 Å². The molecule has 1 aromatic heterocycles. The molecular weight excluding hydrogens is 318 g/mol. The second kappa shape index (κ2) is 6.92. The molecule has 1 saturated carbocycles. The molecule has 1 saturated heterocycles. The van der Waals surface area contributed by atoms with Crippen LogP contribution in [-0.2, 0) is 15.1 Å². The van der Waals surface area contributed by atoms with Gasteiger partial charge in [0.25, 0.3) is 5.91 Å². The highest BCUT2D eigenvalue weighted by Crippen LogP contribution is 2.37. The molecule has 1 amide bonds. The minimum Gasteiger partial charge on any atom is -0.370 e. The van der Waals surface area contributed by atoms with E-state index in [-0.39, 0.29) is 12.0 Å². The van der Waals surface area contributed by atoms with Gasteiger partial charge in [-0.15, -0.1) is 5.10 Å². The molecule has 1 aliphatic carbocycles. The van der Waals surface area contributed by atoms with E-state index in [1.54, 1.807) is 11.0 Å². The highest BCUT2D eigenvalue weighted by molar-refractivity contribution is 5.84. The number of amides is 1. The zero-order chi connectivity index (χ0) is 17.1. The highest BCUT2D eigenvalue weighted by atomic mass is 16.5. The van der Waals surface area contributed by atoms with Gasteiger partial charge in [-0.25, -0.2) is 4.68 Å². The van der Waals surface area contributed by atoms with Crippen molar-refractivity contribution in [3.05, 3.63) is 42.2 Å². The third-order valence-electron chi connectivity index (χ3n) is 5.39. The molecule has 0 spiro atoms. The van der Waals surface area contributed by atoms with E-state index in [9.17, 15) is 4.79 Å². The molecule has 2 aliphatic rings. The van der Waals surface area contributed by atoms with Crippen LogP contribution in [0.1, 0.15) is 43.8 Å². The van der Waals surface area contributed by atoms with Crippen LogP contribution >= 0.6 is 0 Å². The number of hydrogen-bond donors (Lipinski definition) is 0. The molecule has 2 heterocycles. The lowest BCUT2D eigenvalue weighted by molar-refractivity contribution is -0.151. The Bertz CT molecular complexity index is 698. The van der Waals surface area contributed by atoms with Crippen LogP contribution in [0.5, 0.6) is 0 Å². The Morgan fingerprint density at radius 1 is 1.16 bits per heavy atom. The molecule has 7 heteroatoms. The fourth-order valence-electron chi connectivity index (χ4n) is 4.03. The summed E-state index contributed by atoms with van der Waals surface area (Å²) in [5, 5.41) is 11.6. The first-order valence-electron chi connectivity index (χ1n) is 8.99. The minimum absolute atomic E-state index is 0.0755. The second-order valence-corrected chi connectivity index (χ2v) is 6.87. The maximum absolute atomic E-state index is 13.5. The summed E-state index contributed by atoms with van der Waals surface area (Å²) in [6, 6.07) is 10.1. The normalized spacial score (nSPS) is 23.4. The Labute approximate surface area is 147 Å². The molecule has 4 rings (SSSR count).